The molecule has 3 nitrogen and oxygen atoms in total. The topological polar surface area (TPSA) is 48.2 Å². The average molecular weight is 278 g/mol. The Bertz CT molecular complexity index is 445. The summed E-state index contributed by atoms with van der Waals surface area (Å²) in [5.74, 6) is 0.692. The molecule has 0 amide bonds. The van der Waals surface area contributed by atoms with E-state index in [9.17, 15) is 0 Å². The summed E-state index contributed by atoms with van der Waals surface area (Å²) in [6.07, 6.45) is 5.99. The fourth-order valence-corrected chi connectivity index (χ4v) is 2.10. The number of rotatable bonds is 6. The standard InChI is InChI=1S/C15H20ClN3/c1-3-4-15(19-12(2)18-11-17)10-7-13-5-8-14(16)9-6-13/h5-6,8-9,15H,3-4,7,10H2,1-2H3,(H,18,19)/t15-/m1/s1. The highest BCUT2D eigenvalue weighted by Crippen LogP contribution is 2.14. The van der Waals surface area contributed by atoms with Crippen LogP contribution in [0.3, 0.4) is 0 Å². The summed E-state index contributed by atoms with van der Waals surface area (Å²) in [6, 6.07) is 8.20. The molecule has 4 heteroatoms. The molecular weight excluding hydrogens is 258 g/mol. The maximum Gasteiger partial charge on any atom is 0.182 e. The Kier molecular flexibility index (Phi) is 6.99. The van der Waals surface area contributed by atoms with Crippen LogP contribution in [0.25, 0.3) is 0 Å². The number of halogens is 1. The molecule has 0 unspecified atom stereocenters. The van der Waals surface area contributed by atoms with Gasteiger partial charge < -0.3 is 0 Å². The van der Waals surface area contributed by atoms with Crippen LogP contribution in [0.15, 0.2) is 29.3 Å². The molecular formula is C15H20ClN3. The number of nitrogens with zero attached hydrogens (tertiary/aromatic N) is 2. The van der Waals surface area contributed by atoms with E-state index in [0.29, 0.717) is 5.84 Å². The Morgan fingerprint density at radius 2 is 2.05 bits per heavy atom. The largest absolute Gasteiger partial charge is 0.281 e. The smallest absolute Gasteiger partial charge is 0.182 e. The monoisotopic (exact) mass is 277 g/mol. The van der Waals surface area contributed by atoms with Crippen molar-refractivity contribution in [1.29, 1.82) is 5.26 Å². The van der Waals surface area contributed by atoms with Crippen LogP contribution in [-0.2, 0) is 6.42 Å². The van der Waals surface area contributed by atoms with Gasteiger partial charge in [-0.25, -0.2) is 0 Å². The van der Waals surface area contributed by atoms with Gasteiger partial charge in [-0.05, 0) is 43.9 Å². The van der Waals surface area contributed by atoms with Crippen LogP contribution >= 0.6 is 11.6 Å². The highest BCUT2D eigenvalue weighted by Gasteiger charge is 2.07. The third kappa shape index (κ3) is 6.26. The molecule has 1 rings (SSSR count). The lowest BCUT2D eigenvalue weighted by Crippen LogP contribution is -2.18. The molecule has 0 aliphatic carbocycles. The highest BCUT2D eigenvalue weighted by atomic mass is 35.5. The van der Waals surface area contributed by atoms with Gasteiger partial charge in [-0.2, -0.15) is 5.26 Å². The SMILES string of the molecule is CCC[C@H](CCc1ccc(Cl)cc1)N=C(C)NC#N. The Hall–Kier alpha value is -1.53. The van der Waals surface area contributed by atoms with Gasteiger partial charge >= 0.3 is 0 Å². The Balaban J connectivity index is 2.56. The van der Waals surface area contributed by atoms with E-state index >= 15 is 0 Å². The van der Waals surface area contributed by atoms with Crippen molar-refractivity contribution in [3.05, 3.63) is 34.9 Å². The van der Waals surface area contributed by atoms with Crippen molar-refractivity contribution in [2.75, 3.05) is 0 Å². The summed E-state index contributed by atoms with van der Waals surface area (Å²) in [6.45, 7) is 3.98. The molecule has 0 bridgehead atoms. The van der Waals surface area contributed by atoms with Gasteiger partial charge in [0.2, 0.25) is 0 Å². The Morgan fingerprint density at radius 3 is 2.63 bits per heavy atom. The Labute approximate surface area is 120 Å². The first kappa shape index (κ1) is 15.5. The predicted octanol–water partition coefficient (Wildman–Crippen LogP) is 3.93. The molecule has 0 spiro atoms. The maximum atomic E-state index is 8.56. The molecule has 102 valence electrons. The van der Waals surface area contributed by atoms with Crippen molar-refractivity contribution < 1.29 is 0 Å². The van der Waals surface area contributed by atoms with E-state index in [4.69, 9.17) is 16.9 Å². The molecule has 0 saturated carbocycles. The van der Waals surface area contributed by atoms with Crippen molar-refractivity contribution >= 4 is 17.4 Å². The minimum Gasteiger partial charge on any atom is -0.281 e. The zero-order valence-electron chi connectivity index (χ0n) is 11.5. The Morgan fingerprint density at radius 1 is 1.37 bits per heavy atom. The van der Waals surface area contributed by atoms with Gasteiger partial charge in [-0.15, -0.1) is 0 Å². The predicted molar refractivity (Wildman–Crippen MR) is 80.3 cm³/mol. The summed E-state index contributed by atoms with van der Waals surface area (Å²) in [4.78, 5) is 4.55. The van der Waals surface area contributed by atoms with Gasteiger partial charge in [0.25, 0.3) is 0 Å². The second-order valence-corrected chi connectivity index (χ2v) is 5.00. The van der Waals surface area contributed by atoms with Crippen molar-refractivity contribution in [2.45, 2.75) is 45.6 Å². The number of benzene rings is 1. The molecule has 0 radical (unpaired) electrons. The van der Waals surface area contributed by atoms with Gasteiger partial charge in [0.15, 0.2) is 6.19 Å². The van der Waals surface area contributed by atoms with E-state index < -0.39 is 0 Å². The minimum absolute atomic E-state index is 0.265. The quantitative estimate of drug-likeness (QED) is 0.371. The fourth-order valence-electron chi connectivity index (χ4n) is 1.98. The first-order valence-corrected chi connectivity index (χ1v) is 6.97. The number of hydrogen-bond acceptors (Lipinski definition) is 2. The molecule has 1 N–H and O–H groups in total. The number of nitriles is 1. The zero-order chi connectivity index (χ0) is 14.1. The number of amidine groups is 1. The second kappa shape index (κ2) is 8.55. The van der Waals surface area contributed by atoms with E-state index in [1.807, 2.05) is 25.2 Å². The molecule has 1 atom stereocenters. The number of aliphatic imine (C=N–C) groups is 1. The summed E-state index contributed by atoms with van der Waals surface area (Å²) < 4.78 is 0. The zero-order valence-corrected chi connectivity index (χ0v) is 12.2. The molecule has 1 aromatic carbocycles. The number of nitrogens with one attached hydrogen (secondary N) is 1. The molecule has 0 aromatic heterocycles. The van der Waals surface area contributed by atoms with Crippen molar-refractivity contribution in [2.24, 2.45) is 4.99 Å². The van der Waals surface area contributed by atoms with Crippen LogP contribution in [0, 0.1) is 11.5 Å². The van der Waals surface area contributed by atoms with Crippen LogP contribution in [0.4, 0.5) is 0 Å². The van der Waals surface area contributed by atoms with E-state index in [2.05, 4.69) is 29.4 Å². The van der Waals surface area contributed by atoms with Crippen LogP contribution in [0.2, 0.25) is 5.02 Å². The van der Waals surface area contributed by atoms with Crippen LogP contribution in [-0.4, -0.2) is 11.9 Å². The van der Waals surface area contributed by atoms with Crippen LogP contribution in [0.5, 0.6) is 0 Å². The highest BCUT2D eigenvalue weighted by molar-refractivity contribution is 6.30. The number of aryl methyl sites for hydroxylation is 1. The lowest BCUT2D eigenvalue weighted by Gasteiger charge is -2.12. The van der Waals surface area contributed by atoms with E-state index in [0.717, 1.165) is 30.7 Å². The maximum absolute atomic E-state index is 8.56. The van der Waals surface area contributed by atoms with Gasteiger partial charge in [0.05, 0.1) is 6.04 Å². The van der Waals surface area contributed by atoms with Crippen molar-refractivity contribution in [3.8, 4) is 6.19 Å². The van der Waals surface area contributed by atoms with E-state index in [-0.39, 0.29) is 6.04 Å². The molecule has 0 aliphatic rings. The van der Waals surface area contributed by atoms with E-state index in [1.165, 1.54) is 5.56 Å². The fraction of sp³-hybridized carbons (Fsp3) is 0.467. The van der Waals surface area contributed by atoms with Crippen molar-refractivity contribution in [3.63, 3.8) is 0 Å². The van der Waals surface area contributed by atoms with Gasteiger partial charge in [-0.3, -0.25) is 10.3 Å². The molecule has 0 fully saturated rings. The van der Waals surface area contributed by atoms with Crippen molar-refractivity contribution in [1.82, 2.24) is 5.32 Å². The number of hydrogen-bond donors (Lipinski definition) is 1. The lowest BCUT2D eigenvalue weighted by atomic mass is 10.0. The van der Waals surface area contributed by atoms with E-state index in [1.54, 1.807) is 0 Å². The molecule has 0 heterocycles. The van der Waals surface area contributed by atoms with Gasteiger partial charge in [0, 0.05) is 5.02 Å². The van der Waals surface area contributed by atoms with Crippen LogP contribution in [0.1, 0.15) is 38.7 Å². The second-order valence-electron chi connectivity index (χ2n) is 4.56. The summed E-state index contributed by atoms with van der Waals surface area (Å²) in [5, 5.41) is 11.9. The minimum atomic E-state index is 0.265. The molecule has 0 aliphatic heterocycles. The summed E-state index contributed by atoms with van der Waals surface area (Å²) in [7, 11) is 0. The summed E-state index contributed by atoms with van der Waals surface area (Å²) >= 11 is 5.87. The third-order valence-electron chi connectivity index (χ3n) is 2.91. The average Bonchev–Trinajstić information content (AvgIpc) is 2.38. The summed E-state index contributed by atoms with van der Waals surface area (Å²) in [5.41, 5.74) is 1.27. The van der Waals surface area contributed by atoms with Gasteiger partial charge in [-0.1, -0.05) is 37.1 Å². The van der Waals surface area contributed by atoms with Gasteiger partial charge in [0.1, 0.15) is 5.84 Å². The third-order valence-corrected chi connectivity index (χ3v) is 3.17. The molecule has 0 saturated heterocycles. The lowest BCUT2D eigenvalue weighted by molar-refractivity contribution is 0.562. The normalized spacial score (nSPS) is 12.8. The van der Waals surface area contributed by atoms with Crippen LogP contribution < -0.4 is 5.32 Å². The molecule has 1 aromatic rings. The first-order chi connectivity index (χ1) is 9.15. The molecule has 19 heavy (non-hydrogen) atoms. The first-order valence-electron chi connectivity index (χ1n) is 6.59.